The monoisotopic (exact) mass is 878 g/mol. The van der Waals surface area contributed by atoms with Gasteiger partial charge in [-0.1, -0.05) is 132 Å². The van der Waals surface area contributed by atoms with E-state index >= 15 is 0 Å². The molecule has 2 saturated carbocycles. The summed E-state index contributed by atoms with van der Waals surface area (Å²) in [7, 11) is 0. The van der Waals surface area contributed by atoms with Gasteiger partial charge in [0.15, 0.2) is 11.4 Å². The maximum atomic E-state index is 13.2. The summed E-state index contributed by atoms with van der Waals surface area (Å²) >= 11 is 25.2. The highest BCUT2D eigenvalue weighted by Crippen LogP contribution is 2.43. The lowest BCUT2D eigenvalue weighted by Crippen LogP contribution is -2.36. The second-order valence-electron chi connectivity index (χ2n) is 16.7. The third kappa shape index (κ3) is 8.00. The Morgan fingerprint density at radius 2 is 0.950 bits per heavy atom. The van der Waals surface area contributed by atoms with Gasteiger partial charge in [-0.3, -0.25) is 9.59 Å². The molecule has 0 atom stereocenters. The average molecular weight is 881 g/mol. The van der Waals surface area contributed by atoms with Crippen LogP contribution in [0.15, 0.2) is 72.8 Å². The zero-order chi connectivity index (χ0) is 41.7. The maximum Gasteiger partial charge on any atom is 0.272 e. The Bertz CT molecular complexity index is 2470. The molecule has 0 radical (unpaired) electrons. The third-order valence-electron chi connectivity index (χ3n) is 12.3. The topological polar surface area (TPSA) is 93.8 Å². The smallest absolute Gasteiger partial charge is 0.272 e. The Kier molecular flexibility index (Phi) is 11.6. The van der Waals surface area contributed by atoms with Gasteiger partial charge in [-0.2, -0.15) is 10.2 Å². The van der Waals surface area contributed by atoms with Gasteiger partial charge >= 0.3 is 0 Å². The molecule has 8 nitrogen and oxygen atoms in total. The van der Waals surface area contributed by atoms with Gasteiger partial charge in [0.25, 0.3) is 11.8 Å². The lowest BCUT2D eigenvalue weighted by Gasteiger charge is -2.22. The lowest BCUT2D eigenvalue weighted by molar-refractivity contribution is 0.0913. The summed E-state index contributed by atoms with van der Waals surface area (Å²) in [5.74, 6) is -0.182. The van der Waals surface area contributed by atoms with Crippen LogP contribution in [0, 0.1) is 13.8 Å². The fourth-order valence-corrected chi connectivity index (χ4v) is 10.4. The molecule has 0 spiro atoms. The fraction of sp³-hybridized carbons (Fsp3) is 0.333. The van der Waals surface area contributed by atoms with Crippen molar-refractivity contribution < 1.29 is 9.59 Å². The van der Waals surface area contributed by atoms with Crippen LogP contribution in [0.2, 0.25) is 20.1 Å². The molecule has 2 heterocycles. The quantitative estimate of drug-likeness (QED) is 0.174. The van der Waals surface area contributed by atoms with Gasteiger partial charge in [-0.25, -0.2) is 9.36 Å². The highest BCUT2D eigenvalue weighted by molar-refractivity contribution is 6.36. The van der Waals surface area contributed by atoms with E-state index in [-0.39, 0.29) is 23.9 Å². The molecule has 10 rings (SSSR count). The molecule has 2 fully saturated rings. The molecule has 60 heavy (non-hydrogen) atoms. The number of aromatic nitrogens is 4. The molecule has 4 aromatic carbocycles. The van der Waals surface area contributed by atoms with Crippen molar-refractivity contribution >= 4 is 58.2 Å². The number of carbonyl (C=O) groups excluding carboxylic acids is 2. The molecule has 308 valence electrons. The summed E-state index contributed by atoms with van der Waals surface area (Å²) in [4.78, 5) is 26.5. The van der Waals surface area contributed by atoms with Gasteiger partial charge < -0.3 is 10.6 Å². The number of fused-ring (bicyclic) bond motifs is 6. The summed E-state index contributed by atoms with van der Waals surface area (Å²) in [5, 5.41) is 18.1. The first-order chi connectivity index (χ1) is 29.0. The predicted octanol–water partition coefficient (Wildman–Crippen LogP) is 12.2. The van der Waals surface area contributed by atoms with Crippen LogP contribution in [0.3, 0.4) is 0 Å². The number of amides is 2. The van der Waals surface area contributed by atoms with Crippen LogP contribution in [0.5, 0.6) is 0 Å². The van der Waals surface area contributed by atoms with Gasteiger partial charge in [0.1, 0.15) is 0 Å². The summed E-state index contributed by atoms with van der Waals surface area (Å²) in [6.45, 7) is 4.17. The van der Waals surface area contributed by atoms with E-state index < -0.39 is 0 Å². The maximum absolute atomic E-state index is 13.2. The van der Waals surface area contributed by atoms with Crippen molar-refractivity contribution in [3.63, 3.8) is 0 Å². The number of nitrogens with zero attached hydrogens (tertiary/aromatic N) is 4. The number of hydrogen-bond acceptors (Lipinski definition) is 4. The zero-order valence-corrected chi connectivity index (χ0v) is 36.7. The summed E-state index contributed by atoms with van der Waals surface area (Å²) in [6, 6.07) is 24.0. The largest absolute Gasteiger partial charge is 0.348 e. The minimum Gasteiger partial charge on any atom is -0.348 e. The van der Waals surface area contributed by atoms with E-state index in [2.05, 4.69) is 60.9 Å². The van der Waals surface area contributed by atoms with Crippen molar-refractivity contribution in [1.29, 1.82) is 0 Å². The highest BCUT2D eigenvalue weighted by Gasteiger charge is 2.34. The Balaban J connectivity index is 0.000000154. The third-order valence-corrected chi connectivity index (χ3v) is 13.4. The molecule has 2 N–H and O–H groups in total. The number of aryl methyl sites for hydroxylation is 2. The lowest BCUT2D eigenvalue weighted by atomic mass is 9.95. The van der Waals surface area contributed by atoms with E-state index in [1.54, 1.807) is 24.3 Å². The van der Waals surface area contributed by atoms with Crippen molar-refractivity contribution in [3.05, 3.63) is 138 Å². The molecule has 0 unspecified atom stereocenters. The molecule has 6 aromatic rings. The van der Waals surface area contributed by atoms with Gasteiger partial charge in [-0.05, 0) is 87.1 Å². The van der Waals surface area contributed by atoms with E-state index in [1.165, 1.54) is 60.8 Å². The second kappa shape index (κ2) is 17.0. The minimum atomic E-state index is -0.0912. The summed E-state index contributed by atoms with van der Waals surface area (Å²) < 4.78 is 3.62. The van der Waals surface area contributed by atoms with Crippen LogP contribution in [0.4, 0.5) is 0 Å². The number of nitrogens with one attached hydrogen (secondary N) is 2. The van der Waals surface area contributed by atoms with Crippen LogP contribution in [0.1, 0.15) is 119 Å². The van der Waals surface area contributed by atoms with Crippen LogP contribution in [0.25, 0.3) is 33.9 Å². The van der Waals surface area contributed by atoms with E-state index in [0.29, 0.717) is 44.3 Å². The Morgan fingerprint density at radius 3 is 1.33 bits per heavy atom. The molecule has 2 aromatic heterocycles. The van der Waals surface area contributed by atoms with Crippen molar-refractivity contribution in [2.24, 2.45) is 0 Å². The number of carbonyl (C=O) groups is 2. The highest BCUT2D eigenvalue weighted by atomic mass is 35.5. The Labute approximate surface area is 370 Å². The van der Waals surface area contributed by atoms with Crippen molar-refractivity contribution in [1.82, 2.24) is 30.2 Å². The van der Waals surface area contributed by atoms with Gasteiger partial charge in [-0.15, -0.1) is 0 Å². The van der Waals surface area contributed by atoms with Crippen LogP contribution in [-0.4, -0.2) is 43.5 Å². The minimum absolute atomic E-state index is 0.0912. The molecular weight excluding hydrogens is 834 g/mol. The molecule has 0 bridgehead atoms. The Morgan fingerprint density at radius 1 is 0.550 bits per heavy atom. The van der Waals surface area contributed by atoms with Gasteiger partial charge in [0.05, 0.1) is 32.8 Å². The van der Waals surface area contributed by atoms with E-state index in [1.807, 2.05) is 21.5 Å². The summed E-state index contributed by atoms with van der Waals surface area (Å²) in [6.07, 6.45) is 12.7. The second-order valence-corrected chi connectivity index (χ2v) is 18.3. The van der Waals surface area contributed by atoms with Gasteiger partial charge in [0, 0.05) is 57.2 Å². The normalized spacial score (nSPS) is 15.7. The predicted molar refractivity (Wildman–Crippen MR) is 242 cm³/mol. The van der Waals surface area contributed by atoms with Crippen molar-refractivity contribution in [2.75, 3.05) is 0 Å². The molecule has 4 aliphatic carbocycles. The van der Waals surface area contributed by atoms with E-state index in [9.17, 15) is 9.59 Å². The van der Waals surface area contributed by atoms with E-state index in [4.69, 9.17) is 56.6 Å². The molecule has 12 heteroatoms. The summed E-state index contributed by atoms with van der Waals surface area (Å²) in [5.41, 5.74) is 13.3. The van der Waals surface area contributed by atoms with Crippen LogP contribution >= 0.6 is 46.4 Å². The number of rotatable bonds is 6. The van der Waals surface area contributed by atoms with Gasteiger partial charge in [0.2, 0.25) is 0 Å². The number of benzene rings is 4. The van der Waals surface area contributed by atoms with Crippen molar-refractivity contribution in [3.8, 4) is 33.9 Å². The molecular formula is C48H46Cl4N6O2. The molecule has 0 aliphatic heterocycles. The first-order valence-corrected chi connectivity index (χ1v) is 22.5. The molecule has 0 saturated heterocycles. The first kappa shape index (κ1) is 40.8. The van der Waals surface area contributed by atoms with Crippen LogP contribution in [-0.2, 0) is 12.8 Å². The SMILES string of the molecule is Cc1ccc2c(c1)Cc1c(C(=O)NC3CCCCC3)nn(-c3ccc(Cl)cc3Cl)c1-2.Cc1ccc2c(c1)Cc1c(C(=O)NC3CCCCC3)nn(-c3ccc(Cl)cc3Cl)c1-2. The fourth-order valence-electron chi connectivity index (χ4n) is 9.39. The number of halogens is 4. The number of hydrogen-bond donors (Lipinski definition) is 2. The Hall–Kier alpha value is -4.60. The van der Waals surface area contributed by atoms with E-state index in [0.717, 1.165) is 70.7 Å². The average Bonchev–Trinajstić information content (AvgIpc) is 3.98. The standard InChI is InChI=1S/2C24H23Cl2N3O/c2*1-14-7-9-18-15(11-14)12-19-22(24(30)27-17-5-3-2-4-6-17)28-29(23(18)19)21-10-8-16(25)13-20(21)26/h2*7-11,13,17H,2-6,12H2,1H3,(H,27,30). The van der Waals surface area contributed by atoms with Crippen molar-refractivity contribution in [2.45, 2.75) is 103 Å². The van der Waals surface area contributed by atoms with Crippen LogP contribution < -0.4 is 10.6 Å². The first-order valence-electron chi connectivity index (χ1n) is 21.0. The zero-order valence-electron chi connectivity index (χ0n) is 33.7. The molecule has 2 amide bonds. The molecule has 4 aliphatic rings.